The molecule has 1 saturated heterocycles. The van der Waals surface area contributed by atoms with E-state index in [0.29, 0.717) is 11.6 Å². The van der Waals surface area contributed by atoms with Gasteiger partial charge < -0.3 is 15.4 Å². The number of esters is 1. The Balaban J connectivity index is 1.74. The van der Waals surface area contributed by atoms with Gasteiger partial charge in [0.25, 0.3) is 0 Å². The number of thiazole rings is 1. The van der Waals surface area contributed by atoms with E-state index < -0.39 is 11.5 Å². The van der Waals surface area contributed by atoms with Crippen molar-refractivity contribution in [1.29, 1.82) is 0 Å². The third-order valence-electron chi connectivity index (χ3n) is 5.15. The first-order valence-electron chi connectivity index (χ1n) is 10.2. The van der Waals surface area contributed by atoms with E-state index in [9.17, 15) is 9.59 Å². The Hall–Kier alpha value is -1.96. The summed E-state index contributed by atoms with van der Waals surface area (Å²) in [4.78, 5) is 29.2. The standard InChI is InChI=1S/C22H28ClN3O3S/c1-4-29-21(28)22(2,3)26-19(27)12-16-13-30-20(25-16)17-6-5-15(23)11-18(17)14-7-9-24-10-8-14/h5-6,11,13-14,24H,4,7-10,12H2,1-3H3,(H,26,27). The average molecular weight is 450 g/mol. The maximum Gasteiger partial charge on any atom is 0.331 e. The van der Waals surface area contributed by atoms with E-state index in [1.54, 1.807) is 20.8 Å². The minimum absolute atomic E-state index is 0.107. The van der Waals surface area contributed by atoms with Crippen molar-refractivity contribution in [2.45, 2.75) is 51.5 Å². The molecule has 1 fully saturated rings. The Kier molecular flexibility index (Phi) is 7.50. The predicted octanol–water partition coefficient (Wildman–Crippen LogP) is 3.93. The summed E-state index contributed by atoms with van der Waals surface area (Å²) in [5.74, 6) is -0.273. The lowest BCUT2D eigenvalue weighted by Crippen LogP contribution is -2.51. The van der Waals surface area contributed by atoms with E-state index in [1.807, 2.05) is 23.6 Å². The number of nitrogens with zero attached hydrogens (tertiary/aromatic N) is 1. The molecule has 3 rings (SSSR count). The van der Waals surface area contributed by atoms with Crippen molar-refractivity contribution in [3.63, 3.8) is 0 Å². The summed E-state index contributed by atoms with van der Waals surface area (Å²) in [5, 5.41) is 9.64. The molecule has 6 nitrogen and oxygen atoms in total. The molecule has 0 unspecified atom stereocenters. The highest BCUT2D eigenvalue weighted by Gasteiger charge is 2.31. The topological polar surface area (TPSA) is 80.3 Å². The van der Waals surface area contributed by atoms with E-state index in [0.717, 1.165) is 41.5 Å². The third kappa shape index (κ3) is 5.59. The van der Waals surface area contributed by atoms with Crippen molar-refractivity contribution in [3.8, 4) is 10.6 Å². The first kappa shape index (κ1) is 22.7. The summed E-state index contributed by atoms with van der Waals surface area (Å²) >= 11 is 7.80. The monoisotopic (exact) mass is 449 g/mol. The van der Waals surface area contributed by atoms with Crippen molar-refractivity contribution < 1.29 is 14.3 Å². The fourth-order valence-corrected chi connectivity index (χ4v) is 4.68. The summed E-state index contributed by atoms with van der Waals surface area (Å²) < 4.78 is 5.02. The summed E-state index contributed by atoms with van der Waals surface area (Å²) in [7, 11) is 0. The van der Waals surface area contributed by atoms with Crippen LogP contribution in [0.1, 0.15) is 50.8 Å². The maximum absolute atomic E-state index is 12.5. The molecule has 30 heavy (non-hydrogen) atoms. The number of aromatic nitrogens is 1. The molecule has 1 aliphatic rings. The van der Waals surface area contributed by atoms with Gasteiger partial charge in [0.2, 0.25) is 5.91 Å². The fraction of sp³-hybridized carbons (Fsp3) is 0.500. The lowest BCUT2D eigenvalue weighted by Gasteiger charge is -2.25. The fourth-order valence-electron chi connectivity index (χ4n) is 3.63. The molecule has 0 saturated carbocycles. The molecule has 1 amide bonds. The van der Waals surface area contributed by atoms with E-state index in [-0.39, 0.29) is 18.9 Å². The quantitative estimate of drug-likeness (QED) is 0.626. The van der Waals surface area contributed by atoms with Gasteiger partial charge in [-0.25, -0.2) is 9.78 Å². The van der Waals surface area contributed by atoms with Crippen LogP contribution in [0.4, 0.5) is 0 Å². The molecule has 162 valence electrons. The smallest absolute Gasteiger partial charge is 0.331 e. The molecule has 0 atom stereocenters. The minimum atomic E-state index is -1.08. The number of halogens is 1. The van der Waals surface area contributed by atoms with Crippen molar-refractivity contribution in [2.75, 3.05) is 19.7 Å². The Bertz CT molecular complexity index is 907. The molecule has 1 aromatic heterocycles. The number of benzene rings is 1. The molecule has 0 spiro atoms. The number of piperidine rings is 1. The number of carbonyl (C=O) groups excluding carboxylic acids is 2. The second-order valence-electron chi connectivity index (χ2n) is 7.97. The van der Waals surface area contributed by atoms with Gasteiger partial charge in [-0.3, -0.25) is 4.79 Å². The number of rotatable bonds is 7. The van der Waals surface area contributed by atoms with Crippen LogP contribution in [0, 0.1) is 0 Å². The molecule has 0 aliphatic carbocycles. The Labute approximate surface area is 186 Å². The lowest BCUT2D eigenvalue weighted by molar-refractivity contribution is -0.151. The van der Waals surface area contributed by atoms with Gasteiger partial charge in [0, 0.05) is 16.0 Å². The summed E-state index contributed by atoms with van der Waals surface area (Å²) in [5.41, 5.74) is 1.90. The van der Waals surface area contributed by atoms with Crippen LogP contribution in [0.25, 0.3) is 10.6 Å². The number of amides is 1. The first-order valence-corrected chi connectivity index (χ1v) is 11.5. The molecular weight excluding hydrogens is 422 g/mol. The SMILES string of the molecule is CCOC(=O)C(C)(C)NC(=O)Cc1csc(-c2ccc(Cl)cc2C2CCNCC2)n1. The highest BCUT2D eigenvalue weighted by molar-refractivity contribution is 7.13. The molecule has 8 heteroatoms. The van der Waals surface area contributed by atoms with Crippen molar-refractivity contribution in [3.05, 3.63) is 39.9 Å². The Morgan fingerprint density at radius 2 is 2.07 bits per heavy atom. The van der Waals surface area contributed by atoms with Gasteiger partial charge in [0.05, 0.1) is 18.7 Å². The predicted molar refractivity (Wildman–Crippen MR) is 120 cm³/mol. The summed E-state index contributed by atoms with van der Waals surface area (Å²) in [6.07, 6.45) is 2.24. The highest BCUT2D eigenvalue weighted by Crippen LogP contribution is 2.37. The molecule has 1 aliphatic heterocycles. The summed E-state index contributed by atoms with van der Waals surface area (Å²) in [6, 6.07) is 5.95. The zero-order valence-electron chi connectivity index (χ0n) is 17.6. The van der Waals surface area contributed by atoms with Crippen molar-refractivity contribution in [1.82, 2.24) is 15.6 Å². The van der Waals surface area contributed by atoms with E-state index in [1.165, 1.54) is 16.9 Å². The van der Waals surface area contributed by atoms with Crippen LogP contribution in [-0.4, -0.2) is 42.1 Å². The minimum Gasteiger partial charge on any atom is -0.464 e. The van der Waals surface area contributed by atoms with E-state index in [2.05, 4.69) is 10.6 Å². The van der Waals surface area contributed by atoms with Gasteiger partial charge in [0.15, 0.2) is 0 Å². The maximum atomic E-state index is 12.5. The van der Waals surface area contributed by atoms with Crippen LogP contribution in [0.5, 0.6) is 0 Å². The Morgan fingerprint density at radius 3 is 2.77 bits per heavy atom. The zero-order valence-corrected chi connectivity index (χ0v) is 19.2. The van der Waals surface area contributed by atoms with Crippen LogP contribution in [0.2, 0.25) is 5.02 Å². The zero-order chi connectivity index (χ0) is 21.7. The summed E-state index contributed by atoms with van der Waals surface area (Å²) in [6.45, 7) is 7.27. The van der Waals surface area contributed by atoms with Crippen molar-refractivity contribution in [2.24, 2.45) is 0 Å². The van der Waals surface area contributed by atoms with E-state index in [4.69, 9.17) is 21.3 Å². The van der Waals surface area contributed by atoms with E-state index >= 15 is 0 Å². The van der Waals surface area contributed by atoms with Gasteiger partial charge in [-0.05, 0) is 70.3 Å². The largest absolute Gasteiger partial charge is 0.464 e. The lowest BCUT2D eigenvalue weighted by atomic mass is 9.87. The molecular formula is C22H28ClN3O3S. The average Bonchev–Trinajstić information content (AvgIpc) is 3.16. The number of nitrogens with one attached hydrogen (secondary N) is 2. The molecule has 0 radical (unpaired) electrons. The van der Waals surface area contributed by atoms with Crippen molar-refractivity contribution >= 4 is 34.8 Å². The molecule has 2 aromatic rings. The van der Waals surface area contributed by atoms with Crippen LogP contribution in [0.15, 0.2) is 23.6 Å². The van der Waals surface area contributed by atoms with Gasteiger partial charge in [0.1, 0.15) is 10.5 Å². The first-order chi connectivity index (χ1) is 14.3. The third-order valence-corrected chi connectivity index (χ3v) is 6.31. The second kappa shape index (κ2) is 9.90. The van der Waals surface area contributed by atoms with Gasteiger partial charge in [-0.1, -0.05) is 17.7 Å². The van der Waals surface area contributed by atoms with Crippen LogP contribution in [-0.2, 0) is 20.7 Å². The van der Waals surface area contributed by atoms with Gasteiger partial charge in [-0.2, -0.15) is 0 Å². The normalized spacial score (nSPS) is 15.1. The number of ether oxygens (including phenoxy) is 1. The molecule has 2 heterocycles. The number of carbonyl (C=O) groups is 2. The Morgan fingerprint density at radius 1 is 1.33 bits per heavy atom. The molecule has 2 N–H and O–H groups in total. The van der Waals surface area contributed by atoms with Crippen LogP contribution < -0.4 is 10.6 Å². The van der Waals surface area contributed by atoms with Crippen LogP contribution in [0.3, 0.4) is 0 Å². The highest BCUT2D eigenvalue weighted by atomic mass is 35.5. The number of hydrogen-bond donors (Lipinski definition) is 2. The molecule has 0 bridgehead atoms. The molecule has 1 aromatic carbocycles. The second-order valence-corrected chi connectivity index (χ2v) is 9.26. The van der Waals surface area contributed by atoms with Crippen LogP contribution >= 0.6 is 22.9 Å². The van der Waals surface area contributed by atoms with Gasteiger partial charge >= 0.3 is 5.97 Å². The number of hydrogen-bond acceptors (Lipinski definition) is 6. The van der Waals surface area contributed by atoms with Gasteiger partial charge in [-0.15, -0.1) is 11.3 Å².